The van der Waals surface area contributed by atoms with Gasteiger partial charge in [-0.25, -0.2) is 13.4 Å². The molecule has 2 aromatic carbocycles. The predicted octanol–water partition coefficient (Wildman–Crippen LogP) is 2.94. The molecule has 1 amide bonds. The van der Waals surface area contributed by atoms with E-state index < -0.39 is 21.9 Å². The molecule has 1 heterocycles. The first-order chi connectivity index (χ1) is 14.7. The summed E-state index contributed by atoms with van der Waals surface area (Å²) in [6.07, 6.45) is 1.35. The number of para-hydroxylation sites is 1. The predicted molar refractivity (Wildman–Crippen MR) is 121 cm³/mol. The number of benzene rings is 2. The Morgan fingerprint density at radius 2 is 1.90 bits per heavy atom. The van der Waals surface area contributed by atoms with Crippen LogP contribution in [-0.4, -0.2) is 41.3 Å². The summed E-state index contributed by atoms with van der Waals surface area (Å²) in [6, 6.07) is 13.0. The molecule has 0 unspecified atom stereocenters. The van der Waals surface area contributed by atoms with Gasteiger partial charge in [0.15, 0.2) is 4.32 Å². The van der Waals surface area contributed by atoms with Crippen LogP contribution in [0, 0.1) is 6.92 Å². The Hall–Kier alpha value is -2.73. The quantitative estimate of drug-likeness (QED) is 0.440. The number of ether oxygens (including phenoxy) is 1. The normalized spacial score (nSPS) is 15.5. The highest BCUT2D eigenvalue weighted by Crippen LogP contribution is 2.33. The monoisotopic (exact) mass is 478 g/mol. The lowest BCUT2D eigenvalue weighted by Crippen LogP contribution is -2.44. The topological polar surface area (TPSA) is 113 Å². The second kappa shape index (κ2) is 9.60. The van der Waals surface area contributed by atoms with Crippen LogP contribution in [0.5, 0.6) is 5.75 Å². The van der Waals surface area contributed by atoms with E-state index in [1.165, 1.54) is 18.2 Å². The summed E-state index contributed by atoms with van der Waals surface area (Å²) < 4.78 is 30.8. The van der Waals surface area contributed by atoms with Gasteiger partial charge in [-0.1, -0.05) is 59.9 Å². The number of carbonyl (C=O) groups excluding carboxylic acids is 1. The molecule has 1 aliphatic heterocycles. The fraction of sp³-hybridized carbons (Fsp3) is 0.150. The van der Waals surface area contributed by atoms with Crippen molar-refractivity contribution in [2.75, 3.05) is 6.61 Å². The first kappa shape index (κ1) is 22.9. The van der Waals surface area contributed by atoms with E-state index in [1.807, 2.05) is 6.92 Å². The van der Waals surface area contributed by atoms with Gasteiger partial charge in [0.1, 0.15) is 5.75 Å². The number of hydrogen-bond acceptors (Lipinski definition) is 7. The highest BCUT2D eigenvalue weighted by Gasteiger charge is 2.35. The molecule has 0 atom stereocenters. The molecule has 0 aliphatic carbocycles. The van der Waals surface area contributed by atoms with Crippen molar-refractivity contribution in [3.05, 3.63) is 64.6 Å². The van der Waals surface area contributed by atoms with Crippen molar-refractivity contribution < 1.29 is 27.9 Å². The first-order valence-electron chi connectivity index (χ1n) is 8.98. The van der Waals surface area contributed by atoms with Crippen LogP contribution in [0.15, 0.2) is 58.3 Å². The molecule has 0 radical (unpaired) electrons. The maximum Gasteiger partial charge on any atom is 0.306 e. The molecular formula is C20H18N2O6S3. The second-order valence-electron chi connectivity index (χ2n) is 6.45. The number of aliphatic carboxylic acids is 1. The molecule has 1 saturated heterocycles. The van der Waals surface area contributed by atoms with Crippen molar-refractivity contribution >= 4 is 56.3 Å². The van der Waals surface area contributed by atoms with Gasteiger partial charge in [-0.3, -0.25) is 9.59 Å². The lowest BCUT2D eigenvalue weighted by Gasteiger charge is -2.16. The van der Waals surface area contributed by atoms with Gasteiger partial charge in [-0.05, 0) is 31.2 Å². The highest BCUT2D eigenvalue weighted by atomic mass is 32.2. The number of sulfonamides is 1. The van der Waals surface area contributed by atoms with Crippen molar-refractivity contribution in [2.24, 2.45) is 0 Å². The summed E-state index contributed by atoms with van der Waals surface area (Å²) in [5, 5.41) is 9.57. The minimum atomic E-state index is -4.00. The average molecular weight is 479 g/mol. The zero-order valence-corrected chi connectivity index (χ0v) is 18.7. The number of carboxylic acid groups (broad SMARTS) is 1. The molecule has 31 heavy (non-hydrogen) atoms. The number of thiocarbonyl (C=S) groups is 1. The van der Waals surface area contributed by atoms with Crippen molar-refractivity contribution in [1.29, 1.82) is 0 Å². The Balaban J connectivity index is 1.80. The summed E-state index contributed by atoms with van der Waals surface area (Å²) in [4.78, 5) is 25.9. The molecule has 162 valence electrons. The fourth-order valence-electron chi connectivity index (χ4n) is 2.56. The van der Waals surface area contributed by atoms with E-state index in [0.29, 0.717) is 11.3 Å². The number of amides is 1. The lowest BCUT2D eigenvalue weighted by molar-refractivity contribution is -0.137. The Kier molecular flexibility index (Phi) is 7.11. The largest absolute Gasteiger partial charge is 0.492 e. The van der Waals surface area contributed by atoms with Gasteiger partial charge < -0.3 is 9.84 Å². The van der Waals surface area contributed by atoms with Gasteiger partial charge in [-0.15, -0.1) is 4.83 Å². The van der Waals surface area contributed by atoms with Gasteiger partial charge in [0.25, 0.3) is 15.9 Å². The van der Waals surface area contributed by atoms with Crippen LogP contribution >= 0.6 is 24.0 Å². The van der Waals surface area contributed by atoms with E-state index in [0.717, 1.165) is 22.3 Å². The minimum Gasteiger partial charge on any atom is -0.492 e. The van der Waals surface area contributed by atoms with Crippen LogP contribution in [0.2, 0.25) is 0 Å². The molecule has 2 N–H and O–H groups in total. The molecule has 0 saturated carbocycles. The second-order valence-corrected chi connectivity index (χ2v) is 9.79. The van der Waals surface area contributed by atoms with Crippen LogP contribution in [0.4, 0.5) is 0 Å². The molecule has 1 aliphatic rings. The minimum absolute atomic E-state index is 0.00769. The fourth-order valence-corrected chi connectivity index (χ4v) is 4.86. The molecule has 0 bridgehead atoms. The van der Waals surface area contributed by atoms with Crippen molar-refractivity contribution in [3.8, 4) is 5.75 Å². The van der Waals surface area contributed by atoms with E-state index in [1.54, 1.807) is 36.4 Å². The summed E-state index contributed by atoms with van der Waals surface area (Å²) in [5.41, 5.74) is 1.44. The third-order valence-corrected chi connectivity index (χ3v) is 6.73. The smallest absolute Gasteiger partial charge is 0.306 e. The van der Waals surface area contributed by atoms with Gasteiger partial charge in [0, 0.05) is 5.56 Å². The van der Waals surface area contributed by atoms with E-state index in [9.17, 15) is 18.0 Å². The summed E-state index contributed by atoms with van der Waals surface area (Å²) in [6.45, 7) is 1.80. The third kappa shape index (κ3) is 5.70. The van der Waals surface area contributed by atoms with Crippen molar-refractivity contribution in [3.63, 3.8) is 0 Å². The number of nitrogens with zero attached hydrogens (tertiary/aromatic N) is 1. The highest BCUT2D eigenvalue weighted by molar-refractivity contribution is 8.26. The molecule has 0 aromatic heterocycles. The maximum absolute atomic E-state index is 12.8. The van der Waals surface area contributed by atoms with Gasteiger partial charge in [0.2, 0.25) is 0 Å². The molecule has 8 nitrogen and oxygen atoms in total. The number of nitrogens with one attached hydrogen (secondary N) is 1. The Bertz CT molecular complexity index is 1160. The molecule has 2 aromatic rings. The average Bonchev–Trinajstić information content (AvgIpc) is 2.96. The summed E-state index contributed by atoms with van der Waals surface area (Å²) in [7, 11) is -4.00. The van der Waals surface area contributed by atoms with Crippen LogP contribution in [0.25, 0.3) is 6.08 Å². The number of carbonyl (C=O) groups is 2. The first-order valence-corrected chi connectivity index (χ1v) is 11.7. The zero-order chi connectivity index (χ0) is 22.6. The Morgan fingerprint density at radius 3 is 2.58 bits per heavy atom. The van der Waals surface area contributed by atoms with Gasteiger partial charge in [-0.2, -0.15) is 0 Å². The Morgan fingerprint density at radius 1 is 1.23 bits per heavy atom. The van der Waals surface area contributed by atoms with Crippen LogP contribution in [-0.2, 0) is 19.6 Å². The number of hydrazine groups is 1. The molecule has 11 heteroatoms. The van der Waals surface area contributed by atoms with E-state index >= 15 is 0 Å². The van der Waals surface area contributed by atoms with E-state index in [2.05, 4.69) is 4.83 Å². The number of aryl methyl sites for hydroxylation is 1. The van der Waals surface area contributed by atoms with Crippen LogP contribution in [0.1, 0.15) is 17.5 Å². The SMILES string of the molecule is Cc1ccc(S(=O)(=O)NN2C(=O)/C(=C\c3ccccc3OCCC(=O)O)SC2=S)cc1. The maximum atomic E-state index is 12.8. The standard InChI is InChI=1S/C20H18N2O6S3/c1-13-6-8-15(9-7-13)31(26,27)21-22-19(25)17(30-20(22)29)12-14-4-2-3-5-16(14)28-11-10-18(23)24/h2-9,12,21H,10-11H2,1H3,(H,23,24)/b17-12+. The molecule has 3 rings (SSSR count). The molecular weight excluding hydrogens is 460 g/mol. The van der Waals surface area contributed by atoms with E-state index in [-0.39, 0.29) is 27.1 Å². The zero-order valence-electron chi connectivity index (χ0n) is 16.3. The number of hydrogen-bond donors (Lipinski definition) is 2. The van der Waals surface area contributed by atoms with Gasteiger partial charge >= 0.3 is 5.97 Å². The Labute approximate surface area is 188 Å². The van der Waals surface area contributed by atoms with E-state index in [4.69, 9.17) is 22.1 Å². The van der Waals surface area contributed by atoms with Crippen LogP contribution in [0.3, 0.4) is 0 Å². The number of rotatable bonds is 8. The lowest BCUT2D eigenvalue weighted by atomic mass is 10.2. The third-order valence-electron chi connectivity index (χ3n) is 4.12. The van der Waals surface area contributed by atoms with Crippen molar-refractivity contribution in [1.82, 2.24) is 9.84 Å². The number of thioether (sulfide) groups is 1. The molecule has 0 spiro atoms. The molecule has 1 fully saturated rings. The summed E-state index contributed by atoms with van der Waals surface area (Å²) >= 11 is 6.13. The summed E-state index contributed by atoms with van der Waals surface area (Å²) in [5.74, 6) is -1.21. The van der Waals surface area contributed by atoms with Gasteiger partial charge in [0.05, 0.1) is 22.8 Å². The number of carboxylic acids is 1. The van der Waals surface area contributed by atoms with Crippen molar-refractivity contribution in [2.45, 2.75) is 18.2 Å². The van der Waals surface area contributed by atoms with Crippen LogP contribution < -0.4 is 9.57 Å².